The number of hydrogen-bond acceptors (Lipinski definition) is 6. The molecule has 0 unspecified atom stereocenters. The molecule has 3 N–H and O–H groups in total. The molecule has 0 bridgehead atoms. The third-order valence-corrected chi connectivity index (χ3v) is 4.05. The Balaban J connectivity index is 2.00. The third kappa shape index (κ3) is 4.01. The van der Waals surface area contributed by atoms with Gasteiger partial charge in [-0.15, -0.1) is 0 Å². The number of rotatable bonds is 5. The Labute approximate surface area is 160 Å². The van der Waals surface area contributed by atoms with Crippen LogP contribution in [0, 0.1) is 5.92 Å². The zero-order chi connectivity index (χ0) is 20.3. The number of benzene rings is 1. The zero-order valence-electron chi connectivity index (χ0n) is 15.3. The monoisotopic (exact) mass is 381 g/mol. The summed E-state index contributed by atoms with van der Waals surface area (Å²) in [5.41, 5.74) is 6.25. The maximum Gasteiger partial charge on any atom is 0.339 e. The lowest BCUT2D eigenvalue weighted by Crippen LogP contribution is -2.45. The summed E-state index contributed by atoms with van der Waals surface area (Å²) in [6.45, 7) is 3.38. The van der Waals surface area contributed by atoms with Gasteiger partial charge in [-0.1, -0.05) is 32.0 Å². The highest BCUT2D eigenvalue weighted by Crippen LogP contribution is 2.26. The van der Waals surface area contributed by atoms with E-state index in [1.807, 2.05) is 5.32 Å². The van der Waals surface area contributed by atoms with E-state index >= 15 is 0 Å². The lowest BCUT2D eigenvalue weighted by Gasteiger charge is -2.20. The van der Waals surface area contributed by atoms with E-state index < -0.39 is 24.0 Å². The molecule has 0 fully saturated rings. The van der Waals surface area contributed by atoms with E-state index in [-0.39, 0.29) is 11.5 Å². The van der Waals surface area contributed by atoms with Gasteiger partial charge in [-0.25, -0.2) is 14.6 Å². The summed E-state index contributed by atoms with van der Waals surface area (Å²) in [4.78, 5) is 40.6. The Bertz CT molecular complexity index is 1030. The second kappa shape index (κ2) is 7.91. The number of nitrogens with two attached hydrogens (primary N) is 1. The van der Waals surface area contributed by atoms with Gasteiger partial charge in [0, 0.05) is 5.39 Å². The number of esters is 1. The Hall–Kier alpha value is -3.68. The maximum atomic E-state index is 12.9. The number of nitrogens with zero attached hydrogens (tertiary/aromatic N) is 1. The van der Waals surface area contributed by atoms with Crippen LogP contribution in [0.3, 0.4) is 0 Å². The van der Waals surface area contributed by atoms with Crippen molar-refractivity contribution in [3.8, 4) is 11.5 Å². The van der Waals surface area contributed by atoms with E-state index in [0.717, 1.165) is 0 Å². The van der Waals surface area contributed by atoms with Gasteiger partial charge in [0.15, 0.2) is 11.9 Å². The highest BCUT2D eigenvalue weighted by atomic mass is 16.5. The number of urea groups is 1. The summed E-state index contributed by atoms with van der Waals surface area (Å²) < 4.78 is 10.8. The molecule has 2 heterocycles. The predicted octanol–water partition coefficient (Wildman–Crippen LogP) is 2.87. The average Bonchev–Trinajstić information content (AvgIpc) is 3.18. The summed E-state index contributed by atoms with van der Waals surface area (Å²) in [5, 5.41) is 2.52. The number of nitrogens with one attached hydrogen (secondary N) is 1. The van der Waals surface area contributed by atoms with Crippen LogP contribution < -0.4 is 11.1 Å². The van der Waals surface area contributed by atoms with Gasteiger partial charge in [-0.05, 0) is 30.2 Å². The highest BCUT2D eigenvalue weighted by Gasteiger charge is 2.29. The number of amides is 3. The molecule has 1 aromatic carbocycles. The van der Waals surface area contributed by atoms with E-state index in [0.29, 0.717) is 22.4 Å². The number of primary amides is 1. The van der Waals surface area contributed by atoms with Gasteiger partial charge in [-0.3, -0.25) is 10.1 Å². The van der Waals surface area contributed by atoms with Gasteiger partial charge in [0.05, 0.1) is 17.3 Å². The standard InChI is InChI=1S/C20H19N3O5/c1-11(2)17(18(24)23-20(21)26)28-19(25)13-10-15(16-8-5-9-27-16)22-14-7-4-3-6-12(13)14/h3-11,17H,1-2H3,(H3,21,23,24,26)/t17-/m0/s1. The van der Waals surface area contributed by atoms with Crippen molar-refractivity contribution in [2.45, 2.75) is 20.0 Å². The normalized spacial score (nSPS) is 12.0. The molecular formula is C20H19N3O5. The first-order valence-electron chi connectivity index (χ1n) is 8.61. The van der Waals surface area contributed by atoms with Crippen LogP contribution in [-0.2, 0) is 9.53 Å². The molecule has 0 radical (unpaired) electrons. The smallest absolute Gasteiger partial charge is 0.339 e. The van der Waals surface area contributed by atoms with E-state index in [1.54, 1.807) is 56.3 Å². The summed E-state index contributed by atoms with van der Waals surface area (Å²) in [5.74, 6) is -1.38. The SMILES string of the molecule is CC(C)[C@H](OC(=O)c1cc(-c2ccco2)nc2ccccc12)C(=O)NC(N)=O. The van der Waals surface area contributed by atoms with Crippen molar-refractivity contribution < 1.29 is 23.5 Å². The number of para-hydroxylation sites is 1. The molecule has 0 saturated carbocycles. The van der Waals surface area contributed by atoms with Crippen LogP contribution >= 0.6 is 0 Å². The second-order valence-electron chi connectivity index (χ2n) is 6.47. The Morgan fingerprint density at radius 1 is 1.14 bits per heavy atom. The number of imide groups is 1. The van der Waals surface area contributed by atoms with Gasteiger partial charge < -0.3 is 14.9 Å². The number of carbonyl (C=O) groups is 3. The van der Waals surface area contributed by atoms with Crippen LogP contribution in [0.25, 0.3) is 22.4 Å². The molecule has 0 spiro atoms. The van der Waals surface area contributed by atoms with E-state index in [9.17, 15) is 14.4 Å². The first kappa shape index (κ1) is 19.1. The van der Waals surface area contributed by atoms with Gasteiger partial charge >= 0.3 is 12.0 Å². The topological polar surface area (TPSA) is 125 Å². The van der Waals surface area contributed by atoms with Crippen LogP contribution in [0.4, 0.5) is 4.79 Å². The van der Waals surface area contributed by atoms with Gasteiger partial charge in [0.1, 0.15) is 5.69 Å². The summed E-state index contributed by atoms with van der Waals surface area (Å²) in [6.07, 6.45) is 0.326. The molecule has 2 aromatic heterocycles. The number of pyridine rings is 1. The third-order valence-electron chi connectivity index (χ3n) is 4.05. The highest BCUT2D eigenvalue weighted by molar-refractivity contribution is 6.05. The molecule has 0 aliphatic carbocycles. The zero-order valence-corrected chi connectivity index (χ0v) is 15.3. The van der Waals surface area contributed by atoms with Crippen LogP contribution in [0.15, 0.2) is 53.1 Å². The average molecular weight is 381 g/mol. The van der Waals surface area contributed by atoms with Crippen molar-refractivity contribution in [3.63, 3.8) is 0 Å². The minimum absolute atomic E-state index is 0.231. The molecule has 28 heavy (non-hydrogen) atoms. The fourth-order valence-corrected chi connectivity index (χ4v) is 2.76. The van der Waals surface area contributed by atoms with Gasteiger partial charge in [0.25, 0.3) is 5.91 Å². The van der Waals surface area contributed by atoms with Crippen LogP contribution in [0.5, 0.6) is 0 Å². The summed E-state index contributed by atoms with van der Waals surface area (Å²) in [7, 11) is 0. The van der Waals surface area contributed by atoms with Crippen LogP contribution in [-0.4, -0.2) is 29.0 Å². The fourth-order valence-electron chi connectivity index (χ4n) is 2.76. The van der Waals surface area contributed by atoms with Crippen molar-refractivity contribution in [3.05, 3.63) is 54.3 Å². The lowest BCUT2D eigenvalue weighted by molar-refractivity contribution is -0.130. The van der Waals surface area contributed by atoms with E-state index in [1.165, 1.54) is 6.26 Å². The minimum Gasteiger partial charge on any atom is -0.463 e. The number of aromatic nitrogens is 1. The first-order chi connectivity index (χ1) is 13.4. The first-order valence-corrected chi connectivity index (χ1v) is 8.61. The van der Waals surface area contributed by atoms with Crippen molar-refractivity contribution in [1.29, 1.82) is 0 Å². The van der Waals surface area contributed by atoms with Crippen molar-refractivity contribution in [2.24, 2.45) is 11.7 Å². The number of carbonyl (C=O) groups excluding carboxylic acids is 3. The molecular weight excluding hydrogens is 362 g/mol. The van der Waals surface area contributed by atoms with Crippen LogP contribution in [0.1, 0.15) is 24.2 Å². The Morgan fingerprint density at radius 2 is 1.89 bits per heavy atom. The van der Waals surface area contributed by atoms with Crippen molar-refractivity contribution in [2.75, 3.05) is 0 Å². The molecule has 3 rings (SSSR count). The Kier molecular flexibility index (Phi) is 5.39. The number of fused-ring (bicyclic) bond motifs is 1. The van der Waals surface area contributed by atoms with Gasteiger partial charge in [-0.2, -0.15) is 0 Å². The molecule has 0 aliphatic heterocycles. The Morgan fingerprint density at radius 3 is 2.54 bits per heavy atom. The number of hydrogen-bond donors (Lipinski definition) is 2. The quantitative estimate of drug-likeness (QED) is 0.655. The summed E-state index contributed by atoms with van der Waals surface area (Å²) in [6, 6.07) is 11.0. The van der Waals surface area contributed by atoms with Crippen molar-refractivity contribution in [1.82, 2.24) is 10.3 Å². The number of furan rings is 1. The van der Waals surface area contributed by atoms with Gasteiger partial charge in [0.2, 0.25) is 0 Å². The summed E-state index contributed by atoms with van der Waals surface area (Å²) >= 11 is 0. The van der Waals surface area contributed by atoms with Crippen molar-refractivity contribution >= 4 is 28.8 Å². The predicted molar refractivity (Wildman–Crippen MR) is 101 cm³/mol. The maximum absolute atomic E-state index is 12.9. The molecule has 8 heteroatoms. The minimum atomic E-state index is -1.18. The molecule has 3 aromatic rings. The lowest BCUT2D eigenvalue weighted by atomic mass is 10.0. The van der Waals surface area contributed by atoms with E-state index in [4.69, 9.17) is 14.9 Å². The fraction of sp³-hybridized carbons (Fsp3) is 0.200. The molecule has 3 amide bonds. The van der Waals surface area contributed by atoms with Crippen LogP contribution in [0.2, 0.25) is 0 Å². The van der Waals surface area contributed by atoms with E-state index in [2.05, 4.69) is 4.98 Å². The number of ether oxygens (including phenoxy) is 1. The molecule has 8 nitrogen and oxygen atoms in total. The second-order valence-corrected chi connectivity index (χ2v) is 6.47. The molecule has 0 aliphatic rings. The molecule has 0 saturated heterocycles. The largest absolute Gasteiger partial charge is 0.463 e. The molecule has 144 valence electrons. The molecule has 1 atom stereocenters.